The molecular weight excluding hydrogens is 571 g/mol. The van der Waals surface area contributed by atoms with Gasteiger partial charge >= 0.3 is 6.09 Å². The van der Waals surface area contributed by atoms with Crippen molar-refractivity contribution < 1.29 is 23.5 Å². The van der Waals surface area contributed by atoms with Crippen LogP contribution in [0.1, 0.15) is 52.9 Å². The normalized spacial score (nSPS) is 16.6. The molecule has 15 heteroatoms. The summed E-state index contributed by atoms with van der Waals surface area (Å²) in [4.78, 5) is 38.9. The number of ether oxygens (including phenoxy) is 2. The van der Waals surface area contributed by atoms with Gasteiger partial charge < -0.3 is 34.9 Å². The lowest BCUT2D eigenvalue weighted by Crippen LogP contribution is -2.40. The van der Waals surface area contributed by atoms with Crippen molar-refractivity contribution in [3.05, 3.63) is 25.2 Å². The lowest BCUT2D eigenvalue weighted by molar-refractivity contribution is -0.117. The molecule has 0 radical (unpaired) electrons. The van der Waals surface area contributed by atoms with Gasteiger partial charge in [-0.2, -0.15) is 9.97 Å². The number of fused-ring (bicyclic) bond motifs is 1. The Hall–Kier alpha value is -4.43. The van der Waals surface area contributed by atoms with Gasteiger partial charge in [-0.3, -0.25) is 9.48 Å². The van der Waals surface area contributed by atoms with E-state index in [1.54, 1.807) is 22.9 Å². The Morgan fingerprint density at radius 2 is 1.91 bits per heavy atom. The summed E-state index contributed by atoms with van der Waals surface area (Å²) in [5.74, 6) is 0.716. The van der Waals surface area contributed by atoms with Crippen LogP contribution in [0.5, 0.6) is 5.88 Å². The van der Waals surface area contributed by atoms with Crippen molar-refractivity contribution in [1.29, 1.82) is 0 Å². The molecule has 1 aliphatic heterocycles. The van der Waals surface area contributed by atoms with Crippen LogP contribution in [-0.2, 0) is 23.1 Å². The average molecular weight is 615 g/mol. The molecule has 4 heterocycles. The lowest BCUT2D eigenvalue weighted by Gasteiger charge is -2.19. The number of halogens is 1. The fourth-order valence-electron chi connectivity index (χ4n) is 4.85. The molecule has 1 unspecified atom stereocenters. The van der Waals surface area contributed by atoms with Gasteiger partial charge in [0, 0.05) is 26.7 Å². The van der Waals surface area contributed by atoms with E-state index < -0.39 is 23.7 Å². The van der Waals surface area contributed by atoms with Crippen molar-refractivity contribution in [2.45, 2.75) is 77.2 Å². The van der Waals surface area contributed by atoms with Crippen molar-refractivity contribution in [3.8, 4) is 5.88 Å². The molecule has 1 fully saturated rings. The second kappa shape index (κ2) is 14.4. The zero-order valence-electron chi connectivity index (χ0n) is 26.1. The minimum atomic E-state index is -1.28. The molecule has 3 aromatic rings. The number of aryl methyl sites for hydroxylation is 2. The van der Waals surface area contributed by atoms with Gasteiger partial charge in [-0.05, 0) is 39.7 Å². The second-order valence-corrected chi connectivity index (χ2v) is 11.8. The number of alkyl carbamates (subject to hydrolysis) is 1. The van der Waals surface area contributed by atoms with E-state index in [0.717, 1.165) is 38.2 Å². The van der Waals surface area contributed by atoms with Crippen LogP contribution in [0.3, 0.4) is 0 Å². The Morgan fingerprint density at radius 3 is 2.64 bits per heavy atom. The monoisotopic (exact) mass is 614 g/mol. The van der Waals surface area contributed by atoms with Crippen LogP contribution in [0.15, 0.2) is 25.2 Å². The highest BCUT2D eigenvalue weighted by Crippen LogP contribution is 2.31. The third kappa shape index (κ3) is 8.57. The molecule has 2 atom stereocenters. The van der Waals surface area contributed by atoms with Gasteiger partial charge in [-0.1, -0.05) is 25.8 Å². The molecule has 44 heavy (non-hydrogen) atoms. The maximum Gasteiger partial charge on any atom is 0.407 e. The summed E-state index contributed by atoms with van der Waals surface area (Å²) in [5, 5.41) is 13.3. The summed E-state index contributed by atoms with van der Waals surface area (Å²) in [6.07, 6.45) is 7.81. The zero-order valence-corrected chi connectivity index (χ0v) is 26.1. The number of anilines is 3. The van der Waals surface area contributed by atoms with Gasteiger partial charge in [0.05, 0.1) is 32.2 Å². The molecule has 0 bridgehead atoms. The predicted octanol–water partition coefficient (Wildman–Crippen LogP) is 3.62. The molecule has 1 saturated heterocycles. The van der Waals surface area contributed by atoms with Gasteiger partial charge in [-0.25, -0.2) is 14.2 Å². The summed E-state index contributed by atoms with van der Waals surface area (Å²) in [5.41, 5.74) is 1.22. The summed E-state index contributed by atoms with van der Waals surface area (Å²) in [6.45, 7) is 10.5. The zero-order chi connectivity index (χ0) is 31.9. The summed E-state index contributed by atoms with van der Waals surface area (Å²) in [7, 11) is 3.37. The number of aromatic nitrogens is 6. The molecule has 0 aromatic carbocycles. The third-order valence-electron chi connectivity index (χ3n) is 7.00. The van der Waals surface area contributed by atoms with Gasteiger partial charge in [0.25, 0.3) is 5.88 Å². The number of alkyl halides is 1. The van der Waals surface area contributed by atoms with Gasteiger partial charge in [-0.15, -0.1) is 5.10 Å². The predicted molar refractivity (Wildman–Crippen MR) is 165 cm³/mol. The van der Waals surface area contributed by atoms with Crippen molar-refractivity contribution in [1.82, 2.24) is 39.9 Å². The van der Waals surface area contributed by atoms with Crippen LogP contribution in [0, 0.1) is 0 Å². The van der Waals surface area contributed by atoms with E-state index in [0.29, 0.717) is 47.6 Å². The SMILES string of the molecule is C=CC(=O)NC1CN(c2nc(Nc3cn(CCCCCCCNC(=O)OC(C)(C)C)nc3OC)c3ncn(C)c3n2)C[C@H]1F. The van der Waals surface area contributed by atoms with E-state index in [1.165, 1.54) is 0 Å². The van der Waals surface area contributed by atoms with Crippen molar-refractivity contribution in [2.75, 3.05) is 37.0 Å². The van der Waals surface area contributed by atoms with Crippen molar-refractivity contribution in [2.24, 2.45) is 7.05 Å². The summed E-state index contributed by atoms with van der Waals surface area (Å²) < 4.78 is 29.1. The number of hydrogen-bond donors (Lipinski definition) is 3. The Labute approximate surface area is 256 Å². The van der Waals surface area contributed by atoms with E-state index in [1.807, 2.05) is 38.7 Å². The molecule has 0 aliphatic carbocycles. The fourth-order valence-corrected chi connectivity index (χ4v) is 4.85. The van der Waals surface area contributed by atoms with Crippen LogP contribution in [0.2, 0.25) is 0 Å². The topological polar surface area (TPSA) is 153 Å². The van der Waals surface area contributed by atoms with Crippen LogP contribution in [-0.4, -0.2) is 85.9 Å². The molecule has 14 nitrogen and oxygen atoms in total. The Kier molecular flexibility index (Phi) is 10.6. The Balaban J connectivity index is 1.34. The van der Waals surface area contributed by atoms with Gasteiger partial charge in [0.15, 0.2) is 17.0 Å². The highest BCUT2D eigenvalue weighted by atomic mass is 19.1. The molecule has 0 saturated carbocycles. The van der Waals surface area contributed by atoms with Crippen LogP contribution in [0.25, 0.3) is 11.2 Å². The van der Waals surface area contributed by atoms with Crippen LogP contribution in [0.4, 0.5) is 26.6 Å². The minimum Gasteiger partial charge on any atom is -0.478 e. The molecule has 0 spiro atoms. The number of carbonyl (C=O) groups excluding carboxylic acids is 2. The summed E-state index contributed by atoms with van der Waals surface area (Å²) >= 11 is 0. The molecule has 1 aliphatic rings. The second-order valence-electron chi connectivity index (χ2n) is 11.8. The number of hydrogen-bond acceptors (Lipinski definition) is 10. The number of amides is 2. The maximum atomic E-state index is 14.8. The standard InChI is InChI=1S/C29H43FN10O4/c1-7-22(41)33-20-16-39(15-19(20)30)27-35-24(23-25(36-27)38(5)18-32-23)34-21-17-40(37-26(21)43-6)14-12-10-8-9-11-13-31-28(42)44-29(2,3)4/h7,17-20H,1,8-16H2,2-6H3,(H,31,42)(H,33,41)(H,34,35,36)/t19-,20?/m1/s1. The fraction of sp³-hybridized carbons (Fsp3) is 0.586. The van der Waals surface area contributed by atoms with Crippen LogP contribution < -0.4 is 25.6 Å². The van der Waals surface area contributed by atoms with Crippen LogP contribution >= 0.6 is 0 Å². The van der Waals surface area contributed by atoms with E-state index in [9.17, 15) is 14.0 Å². The van der Waals surface area contributed by atoms with Gasteiger partial charge in [0.2, 0.25) is 11.9 Å². The quantitative estimate of drug-likeness (QED) is 0.181. The van der Waals surface area contributed by atoms with Crippen molar-refractivity contribution >= 4 is 40.6 Å². The third-order valence-corrected chi connectivity index (χ3v) is 7.00. The minimum absolute atomic E-state index is 0.0341. The number of imidazole rings is 1. The van der Waals surface area contributed by atoms with Gasteiger partial charge in [0.1, 0.15) is 17.5 Å². The highest BCUT2D eigenvalue weighted by Gasteiger charge is 2.35. The first-order chi connectivity index (χ1) is 21.0. The largest absolute Gasteiger partial charge is 0.478 e. The van der Waals surface area contributed by atoms with Crippen molar-refractivity contribution in [3.63, 3.8) is 0 Å². The molecule has 4 rings (SSSR count). The number of nitrogens with one attached hydrogen (secondary N) is 3. The smallest absolute Gasteiger partial charge is 0.407 e. The van der Waals surface area contributed by atoms with E-state index in [-0.39, 0.29) is 19.2 Å². The number of nitrogens with zero attached hydrogens (tertiary/aromatic N) is 7. The first-order valence-corrected chi connectivity index (χ1v) is 14.8. The van der Waals surface area contributed by atoms with E-state index in [2.05, 4.69) is 42.6 Å². The molecule has 2 amide bonds. The van der Waals surface area contributed by atoms with E-state index >= 15 is 0 Å². The maximum absolute atomic E-state index is 14.8. The molecule has 3 aromatic heterocycles. The molecular formula is C29H43FN10O4. The Bertz CT molecular complexity index is 1450. The molecule has 3 N–H and O–H groups in total. The number of unbranched alkanes of at least 4 members (excludes halogenated alkanes) is 4. The summed E-state index contributed by atoms with van der Waals surface area (Å²) in [6, 6.07) is -0.699. The molecule has 240 valence electrons. The average Bonchev–Trinajstić information content (AvgIpc) is 3.65. The first kappa shape index (κ1) is 32.5. The first-order valence-electron chi connectivity index (χ1n) is 14.8. The number of carbonyl (C=O) groups is 2. The Morgan fingerprint density at radius 1 is 1.16 bits per heavy atom. The lowest BCUT2D eigenvalue weighted by atomic mass is 10.1. The number of rotatable bonds is 14. The highest BCUT2D eigenvalue weighted by molar-refractivity contribution is 5.88. The number of methoxy groups -OCH3 is 1. The van der Waals surface area contributed by atoms with E-state index in [4.69, 9.17) is 9.47 Å².